The van der Waals surface area contributed by atoms with Gasteiger partial charge in [-0.05, 0) is 0 Å². The van der Waals surface area contributed by atoms with Crippen LogP contribution in [0.4, 0.5) is 0 Å². The fraction of sp³-hybridized carbons (Fsp3) is 0.889. The third-order valence-electron chi connectivity index (χ3n) is 2.69. The molecule has 0 N–H and O–H groups in total. The molecule has 0 radical (unpaired) electrons. The van der Waals surface area contributed by atoms with Crippen molar-refractivity contribution in [1.29, 1.82) is 0 Å². The Labute approximate surface area is 74.8 Å². The average Bonchev–Trinajstić information content (AvgIpc) is 2.27. The van der Waals surface area contributed by atoms with Gasteiger partial charge in [0.05, 0.1) is 0 Å². The van der Waals surface area contributed by atoms with Crippen LogP contribution in [0.5, 0.6) is 0 Å². The summed E-state index contributed by atoms with van der Waals surface area (Å²) in [5.74, 6) is 0.932. The molecule has 1 aliphatic carbocycles. The molecule has 62 valence electrons. The summed E-state index contributed by atoms with van der Waals surface area (Å²) in [6.45, 7) is 4.58. The fourth-order valence-corrected chi connectivity index (χ4v) is 4.63. The Balaban J connectivity index is 2.05. The van der Waals surface area contributed by atoms with Crippen molar-refractivity contribution in [3.63, 3.8) is 0 Å². The van der Waals surface area contributed by atoms with Crippen molar-refractivity contribution in [3.05, 3.63) is 0 Å². The van der Waals surface area contributed by atoms with E-state index in [1.54, 1.807) is 0 Å². The molecule has 1 heterocycles. The van der Waals surface area contributed by atoms with Gasteiger partial charge in [-0.3, -0.25) is 0 Å². The van der Waals surface area contributed by atoms with Crippen LogP contribution in [-0.2, 0) is 0 Å². The number of fused-ring (bicyclic) bond motifs is 1. The molecule has 1 saturated carbocycles. The van der Waals surface area contributed by atoms with Crippen molar-refractivity contribution >= 4 is 19.6 Å². The maximum absolute atomic E-state index is 4.71. The molecule has 1 aliphatic heterocycles. The summed E-state index contributed by atoms with van der Waals surface area (Å²) in [5.41, 5.74) is 0. The second kappa shape index (κ2) is 2.91. The standard InChI is InChI=1S/C9H15NSe/c1-6-3-4-9-8(5-6)10-7(2)11-9/h6,8-9H,3-5H2,1-2H3. The van der Waals surface area contributed by atoms with Gasteiger partial charge in [-0.25, -0.2) is 0 Å². The molecular formula is C9H15NSe. The summed E-state index contributed by atoms with van der Waals surface area (Å²) in [5, 5.41) is 0. The van der Waals surface area contributed by atoms with Gasteiger partial charge in [0.25, 0.3) is 0 Å². The minimum atomic E-state index is 0.735. The second-order valence-corrected chi connectivity index (χ2v) is 6.79. The Kier molecular flexibility index (Phi) is 2.07. The van der Waals surface area contributed by atoms with E-state index in [-0.39, 0.29) is 0 Å². The van der Waals surface area contributed by atoms with Gasteiger partial charge < -0.3 is 0 Å². The van der Waals surface area contributed by atoms with E-state index in [4.69, 9.17) is 4.99 Å². The Morgan fingerprint density at radius 1 is 1.45 bits per heavy atom. The van der Waals surface area contributed by atoms with Gasteiger partial charge in [-0.1, -0.05) is 0 Å². The molecule has 1 nitrogen and oxygen atoms in total. The second-order valence-electron chi connectivity index (χ2n) is 3.79. The van der Waals surface area contributed by atoms with Crippen LogP contribution in [0.25, 0.3) is 0 Å². The number of hydrogen-bond donors (Lipinski definition) is 0. The van der Waals surface area contributed by atoms with E-state index >= 15 is 0 Å². The van der Waals surface area contributed by atoms with Gasteiger partial charge >= 0.3 is 74.4 Å². The van der Waals surface area contributed by atoms with Crippen LogP contribution >= 0.6 is 0 Å². The van der Waals surface area contributed by atoms with Crippen molar-refractivity contribution in [2.75, 3.05) is 0 Å². The molecule has 2 aliphatic rings. The van der Waals surface area contributed by atoms with Crippen molar-refractivity contribution in [1.82, 2.24) is 0 Å². The quantitative estimate of drug-likeness (QED) is 0.550. The van der Waals surface area contributed by atoms with Crippen LogP contribution in [-0.4, -0.2) is 25.6 Å². The van der Waals surface area contributed by atoms with Crippen molar-refractivity contribution in [3.8, 4) is 0 Å². The van der Waals surface area contributed by atoms with Gasteiger partial charge in [-0.2, -0.15) is 0 Å². The monoisotopic (exact) mass is 217 g/mol. The Bertz CT molecular complexity index is 188. The fourth-order valence-electron chi connectivity index (χ4n) is 2.08. The van der Waals surface area contributed by atoms with E-state index < -0.39 is 0 Å². The topological polar surface area (TPSA) is 12.4 Å². The number of nitrogens with zero attached hydrogens (tertiary/aromatic N) is 1. The molecule has 11 heavy (non-hydrogen) atoms. The molecule has 1 fully saturated rings. The van der Waals surface area contributed by atoms with Crippen LogP contribution in [0.2, 0.25) is 4.82 Å². The summed E-state index contributed by atoms with van der Waals surface area (Å²) >= 11 is 0.755. The van der Waals surface area contributed by atoms with E-state index in [1.165, 1.54) is 23.9 Å². The predicted molar refractivity (Wildman–Crippen MR) is 49.4 cm³/mol. The van der Waals surface area contributed by atoms with Crippen molar-refractivity contribution < 1.29 is 0 Å². The normalized spacial score (nSPS) is 43.5. The molecule has 3 unspecified atom stereocenters. The summed E-state index contributed by atoms with van der Waals surface area (Å²) in [6, 6.07) is 0.735. The van der Waals surface area contributed by atoms with E-state index in [1.807, 2.05) is 0 Å². The molecular weight excluding hydrogens is 201 g/mol. The third-order valence-corrected chi connectivity index (χ3v) is 5.41. The zero-order chi connectivity index (χ0) is 7.84. The molecule has 0 bridgehead atoms. The summed E-state index contributed by atoms with van der Waals surface area (Å²) in [6.07, 6.45) is 4.27. The van der Waals surface area contributed by atoms with E-state index in [0.29, 0.717) is 0 Å². The number of hydrogen-bond acceptors (Lipinski definition) is 1. The SMILES string of the molecule is CC1=NC2CC(C)CCC2[Se]1. The van der Waals surface area contributed by atoms with E-state index in [2.05, 4.69) is 13.8 Å². The first-order valence-corrected chi connectivity index (χ1v) is 6.31. The molecule has 2 rings (SSSR count). The van der Waals surface area contributed by atoms with Gasteiger partial charge in [0, 0.05) is 0 Å². The van der Waals surface area contributed by atoms with Crippen LogP contribution in [0.15, 0.2) is 4.99 Å². The summed E-state index contributed by atoms with van der Waals surface area (Å²) in [7, 11) is 0. The first kappa shape index (κ1) is 7.82. The molecule has 0 spiro atoms. The molecule has 0 saturated heterocycles. The average molecular weight is 216 g/mol. The Hall–Kier alpha value is 0.189. The molecule has 3 atom stereocenters. The van der Waals surface area contributed by atoms with Crippen LogP contribution in [0.3, 0.4) is 0 Å². The van der Waals surface area contributed by atoms with Crippen LogP contribution < -0.4 is 0 Å². The van der Waals surface area contributed by atoms with Gasteiger partial charge in [0.1, 0.15) is 0 Å². The first-order valence-electron chi connectivity index (χ1n) is 4.47. The molecule has 0 aromatic heterocycles. The van der Waals surface area contributed by atoms with Crippen molar-refractivity contribution in [2.45, 2.75) is 44.0 Å². The molecule has 0 aromatic rings. The van der Waals surface area contributed by atoms with Crippen LogP contribution in [0, 0.1) is 5.92 Å². The van der Waals surface area contributed by atoms with Crippen LogP contribution in [0.1, 0.15) is 33.1 Å². The summed E-state index contributed by atoms with van der Waals surface area (Å²) < 4.78 is 1.46. The van der Waals surface area contributed by atoms with Crippen molar-refractivity contribution in [2.24, 2.45) is 10.9 Å². The predicted octanol–water partition coefficient (Wildman–Crippen LogP) is 2.10. The zero-order valence-electron chi connectivity index (χ0n) is 7.21. The van der Waals surface area contributed by atoms with Gasteiger partial charge in [0.15, 0.2) is 0 Å². The number of rotatable bonds is 0. The molecule has 0 amide bonds. The maximum atomic E-state index is 4.71. The van der Waals surface area contributed by atoms with E-state index in [0.717, 1.165) is 31.7 Å². The first-order chi connectivity index (χ1) is 5.25. The van der Waals surface area contributed by atoms with E-state index in [9.17, 15) is 0 Å². The summed E-state index contributed by atoms with van der Waals surface area (Å²) in [4.78, 5) is 5.69. The Morgan fingerprint density at radius 2 is 2.27 bits per heavy atom. The third kappa shape index (κ3) is 1.52. The van der Waals surface area contributed by atoms with Gasteiger partial charge in [0.2, 0.25) is 0 Å². The zero-order valence-corrected chi connectivity index (χ0v) is 8.92. The minimum absolute atomic E-state index is 0.735. The van der Waals surface area contributed by atoms with Gasteiger partial charge in [-0.15, -0.1) is 0 Å². The molecule has 0 aromatic carbocycles. The molecule has 2 heteroatoms. The number of aliphatic imine (C=N–C) groups is 1. The Morgan fingerprint density at radius 3 is 3.09 bits per heavy atom.